The Labute approximate surface area is 168 Å². The Balaban J connectivity index is 1.78. The molecule has 1 aromatic carbocycles. The molecule has 5 rings (SSSR count). The van der Waals surface area contributed by atoms with E-state index in [0.29, 0.717) is 22.4 Å². The maximum Gasteiger partial charge on any atom is 0.248 e. The second-order valence-electron chi connectivity index (χ2n) is 7.00. The van der Waals surface area contributed by atoms with Crippen LogP contribution in [0, 0.1) is 18.6 Å². The van der Waals surface area contributed by atoms with Crippen molar-refractivity contribution in [1.82, 2.24) is 24.5 Å². The summed E-state index contributed by atoms with van der Waals surface area (Å²) < 4.78 is 29.9. The van der Waals surface area contributed by atoms with Gasteiger partial charge in [-0.2, -0.15) is 0 Å². The summed E-state index contributed by atoms with van der Waals surface area (Å²) in [6.07, 6.45) is 5.08. The number of H-pyrrole nitrogens is 1. The van der Waals surface area contributed by atoms with Gasteiger partial charge in [-0.25, -0.2) is 18.7 Å². The molecule has 30 heavy (non-hydrogen) atoms. The minimum Gasteiger partial charge on any atom is -0.319 e. The van der Waals surface area contributed by atoms with Crippen molar-refractivity contribution in [3.8, 4) is 11.4 Å². The molecular formula is C22H15F2N5O. The highest BCUT2D eigenvalue weighted by Crippen LogP contribution is 2.28. The third-order valence-electron chi connectivity index (χ3n) is 5.11. The number of hydrogen-bond donors (Lipinski definition) is 1. The lowest BCUT2D eigenvalue weighted by atomic mass is 10.1. The van der Waals surface area contributed by atoms with Gasteiger partial charge in [0.1, 0.15) is 5.82 Å². The van der Waals surface area contributed by atoms with Gasteiger partial charge in [0.2, 0.25) is 5.56 Å². The van der Waals surface area contributed by atoms with Crippen molar-refractivity contribution in [3.63, 3.8) is 0 Å². The van der Waals surface area contributed by atoms with Crippen LogP contribution in [0.25, 0.3) is 33.5 Å². The van der Waals surface area contributed by atoms with Gasteiger partial charge in [0.05, 0.1) is 17.6 Å². The van der Waals surface area contributed by atoms with Gasteiger partial charge in [-0.1, -0.05) is 0 Å². The number of aryl methyl sites for hydroxylation is 1. The topological polar surface area (TPSA) is 76.5 Å². The fourth-order valence-corrected chi connectivity index (χ4v) is 3.69. The zero-order valence-electron chi connectivity index (χ0n) is 15.9. The standard InChI is InChI=1S/C22H15F2N5O/c1-12-10-25-8-6-14(12)22-28-21-17(3-2-7-26-21)29(22)11-13-9-18(30)27-20-15(13)4-5-16(23)19(20)24/h2-10H,11H2,1H3,(H,27,30). The van der Waals surface area contributed by atoms with Crippen LogP contribution in [0.15, 0.2) is 59.8 Å². The van der Waals surface area contributed by atoms with Crippen molar-refractivity contribution < 1.29 is 8.78 Å². The minimum absolute atomic E-state index is 0.151. The van der Waals surface area contributed by atoms with Crippen molar-refractivity contribution in [1.29, 1.82) is 0 Å². The molecule has 0 fully saturated rings. The second kappa shape index (κ2) is 6.84. The summed E-state index contributed by atoms with van der Waals surface area (Å²) in [6.45, 7) is 2.16. The molecule has 0 unspecified atom stereocenters. The summed E-state index contributed by atoms with van der Waals surface area (Å²) in [7, 11) is 0. The van der Waals surface area contributed by atoms with Gasteiger partial charge in [-0.3, -0.25) is 9.78 Å². The van der Waals surface area contributed by atoms with Crippen molar-refractivity contribution in [2.45, 2.75) is 13.5 Å². The molecule has 0 aliphatic carbocycles. The molecule has 0 aliphatic rings. The highest BCUT2D eigenvalue weighted by Gasteiger charge is 2.18. The van der Waals surface area contributed by atoms with E-state index in [0.717, 1.165) is 22.7 Å². The summed E-state index contributed by atoms with van der Waals surface area (Å²) in [4.78, 5) is 27.7. The van der Waals surface area contributed by atoms with Crippen LogP contribution in [-0.2, 0) is 6.54 Å². The van der Waals surface area contributed by atoms with Crippen LogP contribution >= 0.6 is 0 Å². The van der Waals surface area contributed by atoms with Crippen LogP contribution in [0.3, 0.4) is 0 Å². The Hall–Kier alpha value is -3.94. The van der Waals surface area contributed by atoms with Gasteiger partial charge in [-0.15, -0.1) is 0 Å². The predicted molar refractivity (Wildman–Crippen MR) is 109 cm³/mol. The zero-order chi connectivity index (χ0) is 20.8. The lowest BCUT2D eigenvalue weighted by Gasteiger charge is -2.13. The molecule has 4 aromatic heterocycles. The van der Waals surface area contributed by atoms with Crippen LogP contribution in [0.4, 0.5) is 8.78 Å². The first-order chi connectivity index (χ1) is 14.5. The molecule has 0 amide bonds. The van der Waals surface area contributed by atoms with Crippen LogP contribution in [0.5, 0.6) is 0 Å². The molecule has 4 heterocycles. The van der Waals surface area contributed by atoms with E-state index in [1.807, 2.05) is 23.6 Å². The van der Waals surface area contributed by atoms with E-state index >= 15 is 0 Å². The van der Waals surface area contributed by atoms with Crippen molar-refractivity contribution in [2.75, 3.05) is 0 Å². The monoisotopic (exact) mass is 403 g/mol. The lowest BCUT2D eigenvalue weighted by molar-refractivity contribution is 0.515. The first-order valence-corrected chi connectivity index (χ1v) is 9.25. The molecule has 0 saturated heterocycles. The number of aromatic amines is 1. The number of halogens is 2. The maximum absolute atomic E-state index is 14.3. The van der Waals surface area contributed by atoms with E-state index in [9.17, 15) is 13.6 Å². The molecule has 0 atom stereocenters. The predicted octanol–water partition coefficient (Wildman–Crippen LogP) is 3.97. The number of aromatic nitrogens is 5. The van der Waals surface area contributed by atoms with E-state index in [4.69, 9.17) is 0 Å². The lowest BCUT2D eigenvalue weighted by Crippen LogP contribution is -2.11. The highest BCUT2D eigenvalue weighted by atomic mass is 19.2. The number of rotatable bonds is 3. The average Bonchev–Trinajstić information content (AvgIpc) is 3.10. The van der Waals surface area contributed by atoms with E-state index in [2.05, 4.69) is 19.9 Å². The number of benzene rings is 1. The van der Waals surface area contributed by atoms with Gasteiger partial charge in [0, 0.05) is 35.6 Å². The molecule has 148 valence electrons. The Morgan fingerprint density at radius 3 is 2.83 bits per heavy atom. The van der Waals surface area contributed by atoms with Crippen LogP contribution in [-0.4, -0.2) is 24.5 Å². The second-order valence-corrected chi connectivity index (χ2v) is 7.00. The summed E-state index contributed by atoms with van der Waals surface area (Å²) >= 11 is 0. The molecule has 0 aliphatic heterocycles. The van der Waals surface area contributed by atoms with Gasteiger partial charge >= 0.3 is 0 Å². The number of nitrogens with zero attached hydrogens (tertiary/aromatic N) is 4. The Kier molecular flexibility index (Phi) is 4.13. The smallest absolute Gasteiger partial charge is 0.248 e. The number of fused-ring (bicyclic) bond motifs is 2. The fourth-order valence-electron chi connectivity index (χ4n) is 3.69. The third-order valence-corrected chi connectivity index (χ3v) is 5.11. The van der Waals surface area contributed by atoms with E-state index < -0.39 is 17.2 Å². The van der Waals surface area contributed by atoms with Crippen LogP contribution in [0.1, 0.15) is 11.1 Å². The SMILES string of the molecule is Cc1cnccc1-c1nc2ncccc2n1Cc1cc(=O)[nH]c2c(F)c(F)ccc12. The maximum atomic E-state index is 14.3. The third kappa shape index (κ3) is 2.85. The highest BCUT2D eigenvalue weighted by molar-refractivity contribution is 5.83. The van der Waals surface area contributed by atoms with E-state index in [1.54, 1.807) is 24.7 Å². The largest absolute Gasteiger partial charge is 0.319 e. The van der Waals surface area contributed by atoms with Crippen LogP contribution in [0.2, 0.25) is 0 Å². The number of imidazole rings is 1. The van der Waals surface area contributed by atoms with Crippen molar-refractivity contribution in [3.05, 3.63) is 88.1 Å². The Morgan fingerprint density at radius 1 is 1.13 bits per heavy atom. The fraction of sp³-hybridized carbons (Fsp3) is 0.0909. The molecule has 0 spiro atoms. The molecule has 0 bridgehead atoms. The van der Waals surface area contributed by atoms with Gasteiger partial charge < -0.3 is 9.55 Å². The Morgan fingerprint density at radius 2 is 2.00 bits per heavy atom. The molecular weight excluding hydrogens is 388 g/mol. The molecule has 0 radical (unpaired) electrons. The molecule has 0 saturated carbocycles. The average molecular weight is 403 g/mol. The summed E-state index contributed by atoms with van der Waals surface area (Å²) in [5.41, 5.74) is 3.00. The van der Waals surface area contributed by atoms with Gasteiger partial charge in [-0.05, 0) is 48.4 Å². The van der Waals surface area contributed by atoms with Crippen LogP contribution < -0.4 is 5.56 Å². The van der Waals surface area contributed by atoms with Gasteiger partial charge in [0.25, 0.3) is 0 Å². The van der Waals surface area contributed by atoms with E-state index in [1.165, 1.54) is 12.1 Å². The number of hydrogen-bond acceptors (Lipinski definition) is 4. The first-order valence-electron chi connectivity index (χ1n) is 9.25. The van der Waals surface area contributed by atoms with Crippen molar-refractivity contribution >= 4 is 22.1 Å². The van der Waals surface area contributed by atoms with Gasteiger partial charge in [0.15, 0.2) is 17.3 Å². The molecule has 6 nitrogen and oxygen atoms in total. The Bertz CT molecular complexity index is 1490. The molecule has 8 heteroatoms. The minimum atomic E-state index is -1.08. The first kappa shape index (κ1) is 18.1. The van der Waals surface area contributed by atoms with E-state index in [-0.39, 0.29) is 12.1 Å². The van der Waals surface area contributed by atoms with Crippen molar-refractivity contribution in [2.24, 2.45) is 0 Å². The summed E-state index contributed by atoms with van der Waals surface area (Å²) in [5.74, 6) is -1.44. The zero-order valence-corrected chi connectivity index (χ0v) is 15.9. The summed E-state index contributed by atoms with van der Waals surface area (Å²) in [5, 5.41) is 0.427. The molecule has 1 N–H and O–H groups in total. The normalized spacial score (nSPS) is 11.4. The number of pyridine rings is 3. The summed E-state index contributed by atoms with van der Waals surface area (Å²) in [6, 6.07) is 9.46. The quantitative estimate of drug-likeness (QED) is 0.495. The molecule has 5 aromatic rings. The number of nitrogens with one attached hydrogen (secondary N) is 1.